The van der Waals surface area contributed by atoms with Crippen LogP contribution in [-0.4, -0.2) is 20.6 Å². The van der Waals surface area contributed by atoms with Crippen LogP contribution in [0.5, 0.6) is 0 Å². The van der Waals surface area contributed by atoms with Gasteiger partial charge in [-0.25, -0.2) is 9.66 Å². The number of aromatic amines is 1. The van der Waals surface area contributed by atoms with E-state index in [1.165, 1.54) is 36.0 Å². The molecule has 0 atom stereocenters. The number of rotatable bonds is 3. The molecule has 22 heavy (non-hydrogen) atoms. The molecule has 3 heterocycles. The number of carbonyl (C=O) groups excluding carboxylic acids is 1. The standard InChI is InChI=1S/C14H12N4O3S/c1-2-8-6-10-13(22-8)16-7-18(14(10)21)17-12(20)9-4-3-5-15-11(9)19/h3-7H,2H2,1H3,(H,15,19)(H,17,20). The van der Waals surface area contributed by atoms with Crippen molar-refractivity contribution < 1.29 is 4.79 Å². The second kappa shape index (κ2) is 5.57. The topological polar surface area (TPSA) is 96.9 Å². The average Bonchev–Trinajstić information content (AvgIpc) is 2.94. The van der Waals surface area contributed by atoms with Gasteiger partial charge in [-0.15, -0.1) is 11.3 Å². The molecule has 0 spiro atoms. The van der Waals surface area contributed by atoms with E-state index < -0.39 is 11.5 Å². The highest BCUT2D eigenvalue weighted by atomic mass is 32.1. The third kappa shape index (κ3) is 2.44. The number of H-pyrrole nitrogens is 1. The molecular weight excluding hydrogens is 304 g/mol. The van der Waals surface area contributed by atoms with Crippen LogP contribution in [0.1, 0.15) is 22.2 Å². The Balaban J connectivity index is 1.99. The van der Waals surface area contributed by atoms with Gasteiger partial charge >= 0.3 is 0 Å². The number of amides is 1. The first-order valence-corrected chi connectivity index (χ1v) is 7.41. The second-order valence-corrected chi connectivity index (χ2v) is 5.67. The van der Waals surface area contributed by atoms with Crippen molar-refractivity contribution in [2.75, 3.05) is 5.43 Å². The number of hydrogen-bond acceptors (Lipinski definition) is 5. The van der Waals surface area contributed by atoms with Gasteiger partial charge in [0.25, 0.3) is 17.0 Å². The van der Waals surface area contributed by atoms with E-state index in [1.807, 2.05) is 6.92 Å². The largest absolute Gasteiger partial charge is 0.328 e. The zero-order chi connectivity index (χ0) is 15.7. The minimum absolute atomic E-state index is 0.0749. The highest BCUT2D eigenvalue weighted by Gasteiger charge is 2.13. The molecule has 0 aliphatic carbocycles. The summed E-state index contributed by atoms with van der Waals surface area (Å²) in [7, 11) is 0. The molecule has 112 valence electrons. The van der Waals surface area contributed by atoms with Gasteiger partial charge in [-0.1, -0.05) is 6.92 Å². The molecule has 3 rings (SSSR count). The molecule has 0 saturated heterocycles. The van der Waals surface area contributed by atoms with E-state index in [2.05, 4.69) is 15.4 Å². The van der Waals surface area contributed by atoms with Crippen LogP contribution in [0.2, 0.25) is 0 Å². The summed E-state index contributed by atoms with van der Waals surface area (Å²) in [6.45, 7) is 1.99. The fourth-order valence-corrected chi connectivity index (χ4v) is 2.92. The van der Waals surface area contributed by atoms with Crippen molar-refractivity contribution in [2.24, 2.45) is 0 Å². The molecule has 0 bridgehead atoms. The summed E-state index contributed by atoms with van der Waals surface area (Å²) >= 11 is 1.45. The molecule has 0 aliphatic heterocycles. The first kappa shape index (κ1) is 14.2. The third-order valence-corrected chi connectivity index (χ3v) is 4.32. The average molecular weight is 316 g/mol. The van der Waals surface area contributed by atoms with Crippen LogP contribution in [0.15, 0.2) is 40.3 Å². The first-order valence-electron chi connectivity index (χ1n) is 6.59. The van der Waals surface area contributed by atoms with Crippen molar-refractivity contribution in [3.63, 3.8) is 0 Å². The Labute approximate surface area is 128 Å². The van der Waals surface area contributed by atoms with E-state index in [1.54, 1.807) is 6.07 Å². The number of carbonyl (C=O) groups is 1. The number of aryl methyl sites for hydroxylation is 1. The van der Waals surface area contributed by atoms with Crippen molar-refractivity contribution in [1.82, 2.24) is 14.6 Å². The summed E-state index contributed by atoms with van der Waals surface area (Å²) in [5.41, 5.74) is 1.40. The molecule has 0 radical (unpaired) electrons. The fraction of sp³-hybridized carbons (Fsp3) is 0.143. The SMILES string of the molecule is CCc1cc2c(=O)n(NC(=O)c3ccc[nH]c3=O)cnc2s1. The molecule has 8 heteroatoms. The Kier molecular flexibility index (Phi) is 3.60. The van der Waals surface area contributed by atoms with E-state index in [-0.39, 0.29) is 11.1 Å². The van der Waals surface area contributed by atoms with Crippen molar-refractivity contribution in [3.8, 4) is 0 Å². The molecule has 0 saturated carbocycles. The molecule has 3 aromatic rings. The smallest absolute Gasteiger partial charge is 0.280 e. The Morgan fingerprint density at radius 3 is 3.00 bits per heavy atom. The van der Waals surface area contributed by atoms with Gasteiger partial charge in [-0.05, 0) is 24.6 Å². The summed E-state index contributed by atoms with van der Waals surface area (Å²) in [5, 5.41) is 0.451. The molecule has 1 amide bonds. The van der Waals surface area contributed by atoms with Crippen molar-refractivity contribution in [3.05, 3.63) is 61.9 Å². The summed E-state index contributed by atoms with van der Waals surface area (Å²) in [5.74, 6) is -0.670. The number of nitrogens with zero attached hydrogens (tertiary/aromatic N) is 2. The van der Waals surface area contributed by atoms with Crippen molar-refractivity contribution in [1.29, 1.82) is 0 Å². The van der Waals surface area contributed by atoms with Gasteiger partial charge in [0.05, 0.1) is 5.39 Å². The van der Waals surface area contributed by atoms with Crippen LogP contribution >= 0.6 is 11.3 Å². The zero-order valence-electron chi connectivity index (χ0n) is 11.6. The van der Waals surface area contributed by atoms with Crippen LogP contribution in [0.3, 0.4) is 0 Å². The number of thiophene rings is 1. The van der Waals surface area contributed by atoms with Crippen molar-refractivity contribution in [2.45, 2.75) is 13.3 Å². The minimum atomic E-state index is -0.670. The number of fused-ring (bicyclic) bond motifs is 1. The number of aromatic nitrogens is 3. The van der Waals surface area contributed by atoms with Crippen LogP contribution in [0.25, 0.3) is 10.2 Å². The predicted octanol–water partition coefficient (Wildman–Crippen LogP) is 1.09. The van der Waals surface area contributed by atoms with Crippen LogP contribution < -0.4 is 16.5 Å². The Morgan fingerprint density at radius 2 is 2.27 bits per heavy atom. The van der Waals surface area contributed by atoms with Gasteiger partial charge in [0, 0.05) is 11.1 Å². The highest BCUT2D eigenvalue weighted by Crippen LogP contribution is 2.20. The fourth-order valence-electron chi connectivity index (χ4n) is 2.00. The molecule has 2 N–H and O–H groups in total. The summed E-state index contributed by atoms with van der Waals surface area (Å²) in [6.07, 6.45) is 3.48. The van der Waals surface area contributed by atoms with Gasteiger partial charge in [0.15, 0.2) is 0 Å². The normalized spacial score (nSPS) is 10.8. The molecular formula is C14H12N4O3S. The highest BCUT2D eigenvalue weighted by molar-refractivity contribution is 7.18. The van der Waals surface area contributed by atoms with Gasteiger partial charge in [-0.3, -0.25) is 19.8 Å². The summed E-state index contributed by atoms with van der Waals surface area (Å²) in [4.78, 5) is 44.2. The molecule has 0 aromatic carbocycles. The lowest BCUT2D eigenvalue weighted by Crippen LogP contribution is -2.35. The van der Waals surface area contributed by atoms with Gasteiger partial charge < -0.3 is 4.98 Å². The van der Waals surface area contributed by atoms with Crippen LogP contribution in [0.4, 0.5) is 0 Å². The maximum atomic E-state index is 12.3. The maximum absolute atomic E-state index is 12.3. The van der Waals surface area contributed by atoms with E-state index in [4.69, 9.17) is 0 Å². The molecule has 7 nitrogen and oxygen atoms in total. The van der Waals surface area contributed by atoms with Gasteiger partial charge in [0.2, 0.25) is 0 Å². The Morgan fingerprint density at radius 1 is 1.45 bits per heavy atom. The maximum Gasteiger partial charge on any atom is 0.280 e. The predicted molar refractivity (Wildman–Crippen MR) is 84.0 cm³/mol. The van der Waals surface area contributed by atoms with Gasteiger partial charge in [0.1, 0.15) is 16.7 Å². The van der Waals surface area contributed by atoms with Crippen LogP contribution in [0, 0.1) is 0 Å². The monoisotopic (exact) mass is 316 g/mol. The van der Waals surface area contributed by atoms with E-state index in [0.29, 0.717) is 10.2 Å². The first-order chi connectivity index (χ1) is 10.6. The van der Waals surface area contributed by atoms with E-state index in [9.17, 15) is 14.4 Å². The third-order valence-electron chi connectivity index (χ3n) is 3.14. The molecule has 0 aliphatic rings. The quantitative estimate of drug-likeness (QED) is 0.756. The van der Waals surface area contributed by atoms with E-state index in [0.717, 1.165) is 16.0 Å². The van der Waals surface area contributed by atoms with Crippen molar-refractivity contribution >= 4 is 27.5 Å². The van der Waals surface area contributed by atoms with E-state index >= 15 is 0 Å². The van der Waals surface area contributed by atoms with Gasteiger partial charge in [-0.2, -0.15) is 0 Å². The number of hydrogen-bond donors (Lipinski definition) is 2. The molecule has 0 fully saturated rings. The summed E-state index contributed by atoms with van der Waals surface area (Å²) in [6, 6.07) is 4.69. The Hall–Kier alpha value is -2.74. The molecule has 0 unspecified atom stereocenters. The lowest BCUT2D eigenvalue weighted by Gasteiger charge is -2.06. The lowest BCUT2D eigenvalue weighted by molar-refractivity contribution is 0.101. The molecule has 3 aromatic heterocycles. The zero-order valence-corrected chi connectivity index (χ0v) is 12.4. The van der Waals surface area contributed by atoms with Crippen LogP contribution in [-0.2, 0) is 6.42 Å². The number of pyridine rings is 1. The minimum Gasteiger partial charge on any atom is -0.328 e. The lowest BCUT2D eigenvalue weighted by atomic mass is 10.3. The summed E-state index contributed by atoms with van der Waals surface area (Å²) < 4.78 is 0.989. The Bertz CT molecular complexity index is 970. The number of nitrogens with one attached hydrogen (secondary N) is 2. The second-order valence-electron chi connectivity index (χ2n) is 4.56.